The van der Waals surface area contributed by atoms with E-state index in [1.54, 1.807) is 0 Å². The molecule has 3 nitrogen and oxygen atoms in total. The van der Waals surface area contributed by atoms with Gasteiger partial charge in [-0.15, -0.1) is 11.3 Å². The van der Waals surface area contributed by atoms with E-state index in [4.69, 9.17) is 4.55 Å². The van der Waals surface area contributed by atoms with Crippen LogP contribution >= 0.6 is 11.3 Å². The number of fused-ring (bicyclic) bond motifs is 1. The Labute approximate surface area is 80.5 Å². The molecule has 0 spiro atoms. The van der Waals surface area contributed by atoms with E-state index in [1.807, 2.05) is 12.2 Å². The molecule has 0 bridgehead atoms. The van der Waals surface area contributed by atoms with E-state index in [2.05, 4.69) is 0 Å². The summed E-state index contributed by atoms with van der Waals surface area (Å²) in [6, 6.07) is 1.52. The van der Waals surface area contributed by atoms with Crippen molar-refractivity contribution in [2.75, 3.05) is 0 Å². The van der Waals surface area contributed by atoms with Crippen LogP contribution in [0.15, 0.2) is 16.4 Å². The standard InChI is InChI=1S/C8H8O3S2/c9-13(10,11)8-5-6-3-1-2-4-7(6)12-8/h1,3,5H,2,4H2,(H,9,10,11). The highest BCUT2D eigenvalue weighted by atomic mass is 32.3. The summed E-state index contributed by atoms with van der Waals surface area (Å²) in [6.07, 6.45) is 5.71. The van der Waals surface area contributed by atoms with Crippen molar-refractivity contribution in [2.24, 2.45) is 0 Å². The molecule has 1 heterocycles. The molecular weight excluding hydrogens is 208 g/mol. The molecule has 1 aromatic rings. The molecule has 5 heteroatoms. The van der Waals surface area contributed by atoms with Crippen LogP contribution in [0.4, 0.5) is 0 Å². The molecule has 1 N–H and O–H groups in total. The lowest BCUT2D eigenvalue weighted by molar-refractivity contribution is 0.485. The fraction of sp³-hybridized carbons (Fsp3) is 0.250. The van der Waals surface area contributed by atoms with Crippen LogP contribution in [-0.4, -0.2) is 13.0 Å². The maximum absolute atomic E-state index is 10.8. The zero-order chi connectivity index (χ0) is 9.47. The molecule has 70 valence electrons. The van der Waals surface area contributed by atoms with Crippen molar-refractivity contribution in [1.82, 2.24) is 0 Å². The minimum absolute atomic E-state index is 0.0454. The van der Waals surface area contributed by atoms with Crippen molar-refractivity contribution in [3.05, 3.63) is 22.6 Å². The molecule has 1 aliphatic carbocycles. The molecule has 0 radical (unpaired) electrons. The monoisotopic (exact) mass is 216 g/mol. The van der Waals surface area contributed by atoms with Gasteiger partial charge in [0.05, 0.1) is 0 Å². The third kappa shape index (κ3) is 1.67. The average molecular weight is 216 g/mol. The smallest absolute Gasteiger partial charge is 0.281 e. The molecule has 0 unspecified atom stereocenters. The third-order valence-electron chi connectivity index (χ3n) is 1.91. The number of thiophene rings is 1. The first kappa shape index (κ1) is 8.93. The summed E-state index contributed by atoms with van der Waals surface area (Å²) in [5, 5.41) is 0. The van der Waals surface area contributed by atoms with Crippen LogP contribution in [0.5, 0.6) is 0 Å². The molecule has 0 fully saturated rings. The lowest BCUT2D eigenvalue weighted by Crippen LogP contribution is -1.93. The van der Waals surface area contributed by atoms with Gasteiger partial charge in [0.25, 0.3) is 0 Å². The Balaban J connectivity index is 2.55. The van der Waals surface area contributed by atoms with Crippen molar-refractivity contribution < 1.29 is 13.0 Å². The predicted octanol–water partition coefficient (Wildman–Crippen LogP) is 1.95. The van der Waals surface area contributed by atoms with Crippen LogP contribution in [0.1, 0.15) is 16.9 Å². The van der Waals surface area contributed by atoms with Crippen molar-refractivity contribution in [3.8, 4) is 0 Å². The van der Waals surface area contributed by atoms with Gasteiger partial charge in [0.15, 0.2) is 0 Å². The number of hydrogen-bond donors (Lipinski definition) is 1. The van der Waals surface area contributed by atoms with Crippen molar-refractivity contribution in [2.45, 2.75) is 17.1 Å². The molecule has 2 rings (SSSR count). The first-order chi connectivity index (χ1) is 6.07. The lowest BCUT2D eigenvalue weighted by Gasteiger charge is -2.01. The van der Waals surface area contributed by atoms with Gasteiger partial charge in [-0.05, 0) is 24.5 Å². The van der Waals surface area contributed by atoms with Crippen LogP contribution in [0.3, 0.4) is 0 Å². The van der Waals surface area contributed by atoms with Crippen LogP contribution in [0.25, 0.3) is 6.08 Å². The van der Waals surface area contributed by atoms with Gasteiger partial charge in [0.2, 0.25) is 0 Å². The molecule has 0 atom stereocenters. The van der Waals surface area contributed by atoms with E-state index in [0.29, 0.717) is 0 Å². The largest absolute Gasteiger partial charge is 0.304 e. The van der Waals surface area contributed by atoms with E-state index < -0.39 is 10.1 Å². The lowest BCUT2D eigenvalue weighted by atomic mass is 10.1. The summed E-state index contributed by atoms with van der Waals surface area (Å²) in [7, 11) is -4.01. The number of hydrogen-bond acceptors (Lipinski definition) is 3. The summed E-state index contributed by atoms with van der Waals surface area (Å²) in [4.78, 5) is 1.04. The van der Waals surface area contributed by atoms with E-state index >= 15 is 0 Å². The van der Waals surface area contributed by atoms with Gasteiger partial charge in [-0.25, -0.2) is 0 Å². The zero-order valence-electron chi connectivity index (χ0n) is 6.73. The molecular formula is C8H8O3S2. The molecule has 0 aromatic carbocycles. The first-order valence-corrected chi connectivity index (χ1v) is 6.10. The first-order valence-electron chi connectivity index (χ1n) is 3.84. The molecule has 0 amide bonds. The average Bonchev–Trinajstić information content (AvgIpc) is 2.45. The predicted molar refractivity (Wildman–Crippen MR) is 51.5 cm³/mol. The molecule has 0 saturated carbocycles. The molecule has 1 aliphatic rings. The highest BCUT2D eigenvalue weighted by Gasteiger charge is 2.17. The highest BCUT2D eigenvalue weighted by molar-refractivity contribution is 7.88. The second-order valence-corrected chi connectivity index (χ2v) is 5.65. The number of rotatable bonds is 1. The minimum atomic E-state index is -4.01. The summed E-state index contributed by atoms with van der Waals surface area (Å²) in [5.74, 6) is 0. The molecule has 0 saturated heterocycles. The summed E-state index contributed by atoms with van der Waals surface area (Å²) in [5.41, 5.74) is 0.920. The Morgan fingerprint density at radius 2 is 2.23 bits per heavy atom. The van der Waals surface area contributed by atoms with Gasteiger partial charge in [0.1, 0.15) is 4.21 Å². The van der Waals surface area contributed by atoms with Gasteiger partial charge >= 0.3 is 10.1 Å². The third-order valence-corrected chi connectivity index (χ3v) is 4.42. The van der Waals surface area contributed by atoms with Gasteiger partial charge in [-0.3, -0.25) is 4.55 Å². The van der Waals surface area contributed by atoms with E-state index in [0.717, 1.165) is 34.6 Å². The quantitative estimate of drug-likeness (QED) is 0.730. The topological polar surface area (TPSA) is 54.4 Å². The van der Waals surface area contributed by atoms with Gasteiger partial charge in [0, 0.05) is 4.88 Å². The fourth-order valence-electron chi connectivity index (χ4n) is 1.31. The van der Waals surface area contributed by atoms with Gasteiger partial charge in [-0.2, -0.15) is 8.42 Å². The number of allylic oxidation sites excluding steroid dienone is 1. The maximum Gasteiger partial charge on any atom is 0.304 e. The minimum Gasteiger partial charge on any atom is -0.281 e. The second-order valence-electron chi connectivity index (χ2n) is 2.86. The summed E-state index contributed by atoms with van der Waals surface area (Å²) < 4.78 is 30.4. The Bertz CT molecular complexity index is 454. The van der Waals surface area contributed by atoms with Crippen LogP contribution in [-0.2, 0) is 16.5 Å². The Morgan fingerprint density at radius 1 is 1.46 bits per heavy atom. The fourth-order valence-corrected chi connectivity index (χ4v) is 3.20. The Hall–Kier alpha value is -0.650. The number of aryl methyl sites for hydroxylation is 1. The van der Waals surface area contributed by atoms with E-state index in [9.17, 15) is 8.42 Å². The van der Waals surface area contributed by atoms with Crippen LogP contribution in [0, 0.1) is 0 Å². The van der Waals surface area contributed by atoms with Gasteiger partial charge in [-0.1, -0.05) is 12.2 Å². The van der Waals surface area contributed by atoms with Crippen molar-refractivity contribution >= 4 is 27.5 Å². The van der Waals surface area contributed by atoms with E-state index in [-0.39, 0.29) is 4.21 Å². The second kappa shape index (κ2) is 2.94. The Kier molecular flexibility index (Phi) is 2.02. The Morgan fingerprint density at radius 3 is 2.85 bits per heavy atom. The van der Waals surface area contributed by atoms with Crippen LogP contribution < -0.4 is 0 Å². The normalized spacial score (nSPS) is 15.8. The maximum atomic E-state index is 10.8. The SMILES string of the molecule is O=S(=O)(O)c1cc2c(s1)CCC=C2. The molecule has 0 aliphatic heterocycles. The van der Waals surface area contributed by atoms with Gasteiger partial charge < -0.3 is 0 Å². The molecule has 1 aromatic heterocycles. The summed E-state index contributed by atoms with van der Waals surface area (Å²) in [6.45, 7) is 0. The van der Waals surface area contributed by atoms with Crippen molar-refractivity contribution in [3.63, 3.8) is 0 Å². The molecule has 13 heavy (non-hydrogen) atoms. The van der Waals surface area contributed by atoms with Crippen molar-refractivity contribution in [1.29, 1.82) is 0 Å². The highest BCUT2D eigenvalue weighted by Crippen LogP contribution is 2.30. The van der Waals surface area contributed by atoms with E-state index in [1.165, 1.54) is 6.07 Å². The van der Waals surface area contributed by atoms with Crippen LogP contribution in [0.2, 0.25) is 0 Å². The zero-order valence-corrected chi connectivity index (χ0v) is 8.36. The summed E-state index contributed by atoms with van der Waals surface area (Å²) >= 11 is 1.15.